The van der Waals surface area contributed by atoms with E-state index in [-0.39, 0.29) is 56.5 Å². The molecule has 1 aliphatic rings. The SMILES string of the molecule is CCCCOC(=O)N1CCN(C(=O)[C@H](CCP(=O)(OCC)OCC)NC(=O)c2cc(NC(C)C)nc(-c3ccccc3)n2)CC1. The Hall–Kier alpha value is -3.54. The third-order valence-corrected chi connectivity index (χ3v) is 9.06. The highest BCUT2D eigenvalue weighted by molar-refractivity contribution is 7.53. The largest absolute Gasteiger partial charge is 0.449 e. The number of carbonyl (C=O) groups is 3. The van der Waals surface area contributed by atoms with Crippen LogP contribution in [0, 0.1) is 0 Å². The van der Waals surface area contributed by atoms with Gasteiger partial charge in [-0.1, -0.05) is 43.7 Å². The smallest absolute Gasteiger partial charge is 0.409 e. The lowest BCUT2D eigenvalue weighted by molar-refractivity contribution is -0.134. The first-order chi connectivity index (χ1) is 21.6. The molecule has 1 aromatic heterocycles. The second-order valence-corrected chi connectivity index (χ2v) is 13.1. The van der Waals surface area contributed by atoms with Crippen molar-refractivity contribution < 1.29 is 32.7 Å². The van der Waals surface area contributed by atoms with Gasteiger partial charge in [0.15, 0.2) is 5.82 Å². The maximum Gasteiger partial charge on any atom is 0.409 e. The normalized spacial score (nSPS) is 14.3. The Balaban J connectivity index is 1.83. The van der Waals surface area contributed by atoms with Crippen LogP contribution in [0.15, 0.2) is 36.4 Å². The van der Waals surface area contributed by atoms with Crippen LogP contribution in [-0.2, 0) is 23.1 Å². The summed E-state index contributed by atoms with van der Waals surface area (Å²) in [6, 6.07) is 9.82. The number of hydrogen-bond acceptors (Lipinski definition) is 10. The molecule has 0 spiro atoms. The van der Waals surface area contributed by atoms with Gasteiger partial charge in [0.2, 0.25) is 5.91 Å². The monoisotopic (exact) mass is 646 g/mol. The number of ether oxygens (including phenoxy) is 1. The van der Waals surface area contributed by atoms with E-state index in [1.807, 2.05) is 51.1 Å². The summed E-state index contributed by atoms with van der Waals surface area (Å²) in [5.41, 5.74) is 0.800. The molecule has 0 saturated carbocycles. The van der Waals surface area contributed by atoms with Crippen molar-refractivity contribution in [1.82, 2.24) is 25.1 Å². The molecule has 2 N–H and O–H groups in total. The third-order valence-electron chi connectivity index (χ3n) is 6.95. The van der Waals surface area contributed by atoms with Crippen LogP contribution in [0.4, 0.5) is 10.6 Å². The lowest BCUT2D eigenvalue weighted by Crippen LogP contribution is -2.56. The molecule has 1 aromatic carbocycles. The number of benzene rings is 1. The summed E-state index contributed by atoms with van der Waals surface area (Å²) < 4.78 is 29.5. The predicted octanol–water partition coefficient (Wildman–Crippen LogP) is 4.80. The van der Waals surface area contributed by atoms with E-state index in [9.17, 15) is 18.9 Å². The molecule has 2 aromatic rings. The minimum atomic E-state index is -3.50. The molecule has 1 atom stereocenters. The summed E-state index contributed by atoms with van der Waals surface area (Å²) in [6.07, 6.45) is 1.23. The summed E-state index contributed by atoms with van der Waals surface area (Å²) in [5.74, 6) is -0.125. The lowest BCUT2D eigenvalue weighted by atomic mass is 10.1. The van der Waals surface area contributed by atoms with Crippen molar-refractivity contribution in [2.75, 3.05) is 57.5 Å². The standard InChI is InChI=1S/C31H47N6O7P/c1-6-9-20-42-31(40)37-18-16-36(17-19-37)30(39)25(15-21-45(41,43-7-2)44-8-3)34-29(38)26-22-27(32-23(4)5)35-28(33-26)24-13-11-10-12-14-24/h10-14,22-23,25H,6-9,15-21H2,1-5H3,(H,34,38)(H,32,33,35)/t25-/m0/s1. The fourth-order valence-corrected chi connectivity index (χ4v) is 6.40. The molecular weight excluding hydrogens is 599 g/mol. The van der Waals surface area contributed by atoms with E-state index in [2.05, 4.69) is 20.6 Å². The fourth-order valence-electron chi connectivity index (χ4n) is 4.71. The molecule has 2 heterocycles. The number of hydrogen-bond donors (Lipinski definition) is 2. The molecule has 13 nitrogen and oxygen atoms in total. The first-order valence-electron chi connectivity index (χ1n) is 15.7. The van der Waals surface area contributed by atoms with Crippen LogP contribution in [0.2, 0.25) is 0 Å². The number of anilines is 1. The number of nitrogens with one attached hydrogen (secondary N) is 2. The number of rotatable bonds is 16. The predicted molar refractivity (Wildman–Crippen MR) is 172 cm³/mol. The van der Waals surface area contributed by atoms with Crippen LogP contribution >= 0.6 is 7.60 Å². The zero-order valence-corrected chi connectivity index (χ0v) is 27.9. The molecule has 3 amide bonds. The Kier molecular flexibility index (Phi) is 14.2. The quantitative estimate of drug-likeness (QED) is 0.192. The number of amides is 3. The Morgan fingerprint density at radius 2 is 1.60 bits per heavy atom. The average molecular weight is 647 g/mol. The van der Waals surface area contributed by atoms with E-state index in [1.54, 1.807) is 23.6 Å². The number of carbonyl (C=O) groups excluding carboxylic acids is 3. The van der Waals surface area contributed by atoms with Gasteiger partial charge >= 0.3 is 13.7 Å². The average Bonchev–Trinajstić information content (AvgIpc) is 3.03. The minimum Gasteiger partial charge on any atom is -0.449 e. The van der Waals surface area contributed by atoms with Crippen molar-refractivity contribution in [3.05, 3.63) is 42.1 Å². The van der Waals surface area contributed by atoms with E-state index in [0.717, 1.165) is 18.4 Å². The van der Waals surface area contributed by atoms with Gasteiger partial charge in [-0.2, -0.15) is 0 Å². The van der Waals surface area contributed by atoms with Crippen molar-refractivity contribution in [1.29, 1.82) is 0 Å². The van der Waals surface area contributed by atoms with Crippen LogP contribution in [0.3, 0.4) is 0 Å². The molecule has 0 unspecified atom stereocenters. The summed E-state index contributed by atoms with van der Waals surface area (Å²) in [7, 11) is -3.50. The van der Waals surface area contributed by atoms with Gasteiger partial charge in [-0.3, -0.25) is 14.2 Å². The summed E-state index contributed by atoms with van der Waals surface area (Å²) in [4.78, 5) is 52.2. The van der Waals surface area contributed by atoms with Crippen molar-refractivity contribution in [2.45, 2.75) is 66.0 Å². The van der Waals surface area contributed by atoms with Gasteiger partial charge in [0.1, 0.15) is 17.6 Å². The van der Waals surface area contributed by atoms with E-state index >= 15 is 0 Å². The van der Waals surface area contributed by atoms with Gasteiger partial charge in [0.05, 0.1) is 26.0 Å². The second kappa shape index (κ2) is 17.8. The number of nitrogens with zero attached hydrogens (tertiary/aromatic N) is 4. The Labute approximate surface area is 265 Å². The van der Waals surface area contributed by atoms with Crippen LogP contribution in [0.5, 0.6) is 0 Å². The molecular formula is C31H47N6O7P. The van der Waals surface area contributed by atoms with E-state index < -0.39 is 25.6 Å². The fraction of sp³-hybridized carbons (Fsp3) is 0.581. The maximum absolute atomic E-state index is 13.8. The summed E-state index contributed by atoms with van der Waals surface area (Å²) in [6.45, 7) is 11.2. The highest BCUT2D eigenvalue weighted by Crippen LogP contribution is 2.48. The molecule has 1 aliphatic heterocycles. The lowest BCUT2D eigenvalue weighted by Gasteiger charge is -2.36. The number of aromatic nitrogens is 2. The van der Waals surface area contributed by atoms with E-state index in [4.69, 9.17) is 13.8 Å². The third kappa shape index (κ3) is 11.1. The maximum atomic E-state index is 13.8. The second-order valence-electron chi connectivity index (χ2n) is 10.9. The molecule has 1 saturated heterocycles. The number of unbranched alkanes of at least 4 members (excludes halogenated alkanes) is 1. The zero-order valence-electron chi connectivity index (χ0n) is 27.0. The highest BCUT2D eigenvalue weighted by Gasteiger charge is 2.34. The summed E-state index contributed by atoms with van der Waals surface area (Å²) >= 11 is 0. The van der Waals surface area contributed by atoms with E-state index in [0.29, 0.717) is 31.3 Å². The number of piperazine rings is 1. The van der Waals surface area contributed by atoms with Crippen LogP contribution in [-0.4, -0.2) is 102 Å². The molecule has 45 heavy (non-hydrogen) atoms. The topological polar surface area (TPSA) is 152 Å². The molecule has 0 bridgehead atoms. The van der Waals surface area contributed by atoms with Crippen molar-refractivity contribution in [2.24, 2.45) is 0 Å². The zero-order chi connectivity index (χ0) is 32.8. The molecule has 1 fully saturated rings. The van der Waals surface area contributed by atoms with Crippen LogP contribution in [0.25, 0.3) is 11.4 Å². The first-order valence-corrected chi connectivity index (χ1v) is 17.4. The molecule has 0 aliphatic carbocycles. The van der Waals surface area contributed by atoms with Gasteiger partial charge in [0, 0.05) is 43.9 Å². The van der Waals surface area contributed by atoms with Crippen LogP contribution < -0.4 is 10.6 Å². The Morgan fingerprint density at radius 3 is 2.20 bits per heavy atom. The van der Waals surface area contributed by atoms with Gasteiger partial charge in [-0.25, -0.2) is 14.8 Å². The van der Waals surface area contributed by atoms with Crippen molar-refractivity contribution >= 4 is 31.3 Å². The van der Waals surface area contributed by atoms with Gasteiger partial charge < -0.3 is 34.2 Å². The van der Waals surface area contributed by atoms with Crippen molar-refractivity contribution in [3.63, 3.8) is 0 Å². The molecule has 14 heteroatoms. The molecule has 3 rings (SSSR count). The molecule has 248 valence electrons. The van der Waals surface area contributed by atoms with Gasteiger partial charge in [0.25, 0.3) is 5.91 Å². The Morgan fingerprint density at radius 1 is 0.956 bits per heavy atom. The van der Waals surface area contributed by atoms with Gasteiger partial charge in [-0.05, 0) is 40.5 Å². The first kappa shape index (κ1) is 35.9. The molecule has 0 radical (unpaired) electrons. The Bertz CT molecular complexity index is 1290. The highest BCUT2D eigenvalue weighted by atomic mass is 31.2. The van der Waals surface area contributed by atoms with Crippen LogP contribution in [0.1, 0.15) is 64.4 Å². The van der Waals surface area contributed by atoms with E-state index in [1.165, 1.54) is 6.07 Å². The minimum absolute atomic E-state index is 0.00878. The van der Waals surface area contributed by atoms with Crippen molar-refractivity contribution in [3.8, 4) is 11.4 Å². The summed E-state index contributed by atoms with van der Waals surface area (Å²) in [5, 5.41) is 6.05. The van der Waals surface area contributed by atoms with Gasteiger partial charge in [-0.15, -0.1) is 0 Å².